The van der Waals surface area contributed by atoms with Crippen molar-refractivity contribution in [3.8, 4) is 0 Å². The van der Waals surface area contributed by atoms with Crippen molar-refractivity contribution in [2.24, 2.45) is 0 Å². The van der Waals surface area contributed by atoms with Crippen LogP contribution < -0.4 is 5.32 Å². The summed E-state index contributed by atoms with van der Waals surface area (Å²) >= 11 is 0. The third-order valence-electron chi connectivity index (χ3n) is 3.46. The van der Waals surface area contributed by atoms with Crippen LogP contribution in [-0.4, -0.2) is 73.2 Å². The number of ether oxygens (including phenoxy) is 2. The molecule has 2 N–H and O–H groups in total. The molecule has 1 rings (SSSR count). The Labute approximate surface area is 119 Å². The van der Waals surface area contributed by atoms with Gasteiger partial charge in [0.2, 0.25) is 5.54 Å². The number of urea groups is 1. The van der Waals surface area contributed by atoms with E-state index in [-0.39, 0.29) is 13.1 Å². The molecule has 7 nitrogen and oxygen atoms in total. The first-order valence-electron chi connectivity index (χ1n) is 5.99. The molecule has 0 aromatic heterocycles. The lowest BCUT2D eigenvalue weighted by molar-refractivity contribution is -0.203. The first-order valence-corrected chi connectivity index (χ1v) is 5.99. The van der Waals surface area contributed by atoms with E-state index in [2.05, 4.69) is 0 Å². The van der Waals surface area contributed by atoms with Gasteiger partial charge >= 0.3 is 18.2 Å². The number of carbonyl (C=O) groups excluding carboxylic acids is 1. The number of carbonyl (C=O) groups is 2. The van der Waals surface area contributed by atoms with Crippen molar-refractivity contribution in [2.75, 3.05) is 27.3 Å². The zero-order valence-corrected chi connectivity index (χ0v) is 11.7. The van der Waals surface area contributed by atoms with Crippen molar-refractivity contribution in [3.05, 3.63) is 0 Å². The molecule has 21 heavy (non-hydrogen) atoms. The van der Waals surface area contributed by atoms with Crippen molar-refractivity contribution < 1.29 is 37.3 Å². The SMILES string of the molecule is COC1CN(C(=O)NC(C)(C(=O)O)C(F)(F)F)CC1OC. The van der Waals surface area contributed by atoms with Crippen LogP contribution in [0.3, 0.4) is 0 Å². The Morgan fingerprint density at radius 1 is 1.19 bits per heavy atom. The van der Waals surface area contributed by atoms with Crippen LogP contribution in [0.1, 0.15) is 6.92 Å². The van der Waals surface area contributed by atoms with E-state index in [1.165, 1.54) is 19.5 Å². The van der Waals surface area contributed by atoms with Crippen LogP contribution in [0.15, 0.2) is 0 Å². The van der Waals surface area contributed by atoms with Gasteiger partial charge in [0.25, 0.3) is 0 Å². The van der Waals surface area contributed by atoms with E-state index in [0.29, 0.717) is 6.92 Å². The molecule has 0 spiro atoms. The number of nitrogens with zero attached hydrogens (tertiary/aromatic N) is 1. The molecule has 122 valence electrons. The Kier molecular flexibility index (Phi) is 5.05. The van der Waals surface area contributed by atoms with Gasteiger partial charge in [-0.1, -0.05) is 0 Å². The standard InChI is InChI=1S/C11H17F3N2O5/c1-10(8(17)18,11(12,13)14)15-9(19)16-4-6(20-2)7(5-16)21-3/h6-7H,4-5H2,1-3H3,(H,15,19)(H,17,18). The third kappa shape index (κ3) is 3.38. The molecule has 1 heterocycles. The van der Waals surface area contributed by atoms with Crippen molar-refractivity contribution in [1.82, 2.24) is 10.2 Å². The van der Waals surface area contributed by atoms with E-state index in [1.54, 1.807) is 0 Å². The van der Waals surface area contributed by atoms with Gasteiger partial charge in [0.05, 0.1) is 13.1 Å². The summed E-state index contributed by atoms with van der Waals surface area (Å²) in [6.45, 7) is 0.410. The topological polar surface area (TPSA) is 88.1 Å². The summed E-state index contributed by atoms with van der Waals surface area (Å²) in [5.74, 6) is -2.19. The second kappa shape index (κ2) is 6.06. The lowest BCUT2D eigenvalue weighted by Gasteiger charge is -2.30. The minimum absolute atomic E-state index is 0.00833. The number of hydrogen-bond acceptors (Lipinski definition) is 4. The second-order valence-corrected chi connectivity index (χ2v) is 4.81. The highest BCUT2D eigenvalue weighted by Gasteiger charge is 2.59. The number of nitrogens with one attached hydrogen (secondary N) is 1. The van der Waals surface area contributed by atoms with Crippen LogP contribution in [0, 0.1) is 0 Å². The molecule has 3 unspecified atom stereocenters. The average molecular weight is 314 g/mol. The minimum atomic E-state index is -5.13. The molecule has 2 amide bonds. The molecule has 0 aromatic carbocycles. The molecule has 0 saturated carbocycles. The third-order valence-corrected chi connectivity index (χ3v) is 3.46. The van der Waals surface area contributed by atoms with Gasteiger partial charge in [0.15, 0.2) is 0 Å². The molecular weight excluding hydrogens is 297 g/mol. The highest BCUT2D eigenvalue weighted by molar-refractivity contribution is 5.87. The summed E-state index contributed by atoms with van der Waals surface area (Å²) in [6.07, 6.45) is -6.10. The van der Waals surface area contributed by atoms with E-state index < -0.39 is 35.9 Å². The molecule has 1 aliphatic heterocycles. The molecule has 0 radical (unpaired) electrons. The Morgan fingerprint density at radius 3 is 1.90 bits per heavy atom. The molecule has 3 atom stereocenters. The number of alkyl halides is 3. The summed E-state index contributed by atoms with van der Waals surface area (Å²) in [7, 11) is 2.77. The number of carboxylic acids is 1. The van der Waals surface area contributed by atoms with Gasteiger partial charge in [0.1, 0.15) is 12.2 Å². The molecule has 1 fully saturated rings. The van der Waals surface area contributed by atoms with E-state index in [1.807, 2.05) is 0 Å². The largest absolute Gasteiger partial charge is 0.479 e. The first-order chi connectivity index (χ1) is 9.56. The summed E-state index contributed by atoms with van der Waals surface area (Å²) in [6, 6.07) is -1.14. The van der Waals surface area contributed by atoms with Crippen molar-refractivity contribution in [3.63, 3.8) is 0 Å². The fraction of sp³-hybridized carbons (Fsp3) is 0.818. The smallest absolute Gasteiger partial charge is 0.422 e. The first kappa shape index (κ1) is 17.5. The number of methoxy groups -OCH3 is 2. The molecule has 0 bridgehead atoms. The van der Waals surface area contributed by atoms with Gasteiger partial charge in [-0.25, -0.2) is 9.59 Å². The van der Waals surface area contributed by atoms with Crippen LogP contribution in [0.5, 0.6) is 0 Å². The van der Waals surface area contributed by atoms with E-state index in [4.69, 9.17) is 14.6 Å². The average Bonchev–Trinajstić information content (AvgIpc) is 2.80. The zero-order chi connectivity index (χ0) is 16.4. The Bertz CT molecular complexity index is 405. The maximum Gasteiger partial charge on any atom is 0.422 e. The number of halogens is 3. The summed E-state index contributed by atoms with van der Waals surface area (Å²) < 4.78 is 48.6. The molecule has 10 heteroatoms. The van der Waals surface area contributed by atoms with Gasteiger partial charge in [0, 0.05) is 14.2 Å². The predicted octanol–water partition coefficient (Wildman–Crippen LogP) is 0.447. The van der Waals surface area contributed by atoms with Gasteiger partial charge in [-0.15, -0.1) is 0 Å². The summed E-state index contributed by atoms with van der Waals surface area (Å²) in [4.78, 5) is 23.8. The van der Waals surface area contributed by atoms with Crippen molar-refractivity contribution in [1.29, 1.82) is 0 Å². The molecular formula is C11H17F3N2O5. The highest BCUT2D eigenvalue weighted by atomic mass is 19.4. The van der Waals surface area contributed by atoms with Crippen molar-refractivity contribution in [2.45, 2.75) is 30.8 Å². The Morgan fingerprint density at radius 2 is 1.62 bits per heavy atom. The number of likely N-dealkylation sites (tertiary alicyclic amines) is 1. The fourth-order valence-electron chi connectivity index (χ4n) is 1.90. The van der Waals surface area contributed by atoms with Gasteiger partial charge in [-0.3, -0.25) is 0 Å². The molecule has 0 aliphatic carbocycles. The normalized spacial score (nSPS) is 25.5. The summed E-state index contributed by atoms with van der Waals surface area (Å²) in [5.41, 5.74) is -3.36. The Hall–Kier alpha value is -1.55. The monoisotopic (exact) mass is 314 g/mol. The minimum Gasteiger partial charge on any atom is -0.479 e. The maximum absolute atomic E-state index is 12.8. The molecule has 1 aliphatic rings. The number of aliphatic carboxylic acids is 1. The maximum atomic E-state index is 12.8. The van der Waals surface area contributed by atoms with Gasteiger partial charge in [-0.2, -0.15) is 13.2 Å². The molecule has 1 saturated heterocycles. The fourth-order valence-corrected chi connectivity index (χ4v) is 1.90. The van der Waals surface area contributed by atoms with E-state index in [9.17, 15) is 22.8 Å². The summed E-state index contributed by atoms with van der Waals surface area (Å²) in [5, 5.41) is 10.3. The number of hydrogen-bond donors (Lipinski definition) is 2. The second-order valence-electron chi connectivity index (χ2n) is 4.81. The number of rotatable bonds is 4. The van der Waals surface area contributed by atoms with Crippen LogP contribution >= 0.6 is 0 Å². The van der Waals surface area contributed by atoms with Gasteiger partial charge in [-0.05, 0) is 6.92 Å². The lowest BCUT2D eigenvalue weighted by atomic mass is 10.0. The lowest BCUT2D eigenvalue weighted by Crippen LogP contribution is -2.63. The zero-order valence-electron chi connectivity index (χ0n) is 11.7. The molecule has 0 aromatic rings. The van der Waals surface area contributed by atoms with Crippen LogP contribution in [-0.2, 0) is 14.3 Å². The number of amides is 2. The predicted molar refractivity (Wildman–Crippen MR) is 63.8 cm³/mol. The van der Waals surface area contributed by atoms with Gasteiger partial charge < -0.3 is 24.8 Å². The van der Waals surface area contributed by atoms with E-state index >= 15 is 0 Å². The number of carboxylic acid groups (broad SMARTS) is 1. The van der Waals surface area contributed by atoms with Crippen LogP contribution in [0.25, 0.3) is 0 Å². The highest BCUT2D eigenvalue weighted by Crippen LogP contribution is 2.31. The van der Waals surface area contributed by atoms with Crippen molar-refractivity contribution >= 4 is 12.0 Å². The van der Waals surface area contributed by atoms with Crippen LogP contribution in [0.2, 0.25) is 0 Å². The quantitative estimate of drug-likeness (QED) is 0.786. The van der Waals surface area contributed by atoms with E-state index in [0.717, 1.165) is 4.90 Å². The Balaban J connectivity index is 2.83. The van der Waals surface area contributed by atoms with Crippen LogP contribution in [0.4, 0.5) is 18.0 Å².